The number of amidine groups is 1. The van der Waals surface area contributed by atoms with Gasteiger partial charge in [-0.15, -0.1) is 11.3 Å². The molecule has 6 rings (SSSR count). The van der Waals surface area contributed by atoms with Gasteiger partial charge in [0.25, 0.3) is 0 Å². The van der Waals surface area contributed by atoms with E-state index >= 15 is 0 Å². The summed E-state index contributed by atoms with van der Waals surface area (Å²) >= 11 is 12.3. The number of aromatic amines is 1. The number of thiazole rings is 1. The van der Waals surface area contributed by atoms with Crippen molar-refractivity contribution < 1.29 is 33.8 Å². The van der Waals surface area contributed by atoms with Crippen molar-refractivity contribution in [2.45, 2.75) is 27.7 Å². The van der Waals surface area contributed by atoms with E-state index in [0.29, 0.717) is 71.7 Å². The average molecular weight is 765 g/mol. The Bertz CT molecular complexity index is 2250. The molecule has 2 aliphatic rings. The van der Waals surface area contributed by atoms with E-state index in [-0.39, 0.29) is 23.6 Å². The second-order valence-electron chi connectivity index (χ2n) is 10.3. The molecule has 1 saturated heterocycles. The van der Waals surface area contributed by atoms with Crippen molar-refractivity contribution in [2.24, 2.45) is 9.98 Å². The number of benzene rings is 2. The summed E-state index contributed by atoms with van der Waals surface area (Å²) in [5.74, 6) is 2.02. The van der Waals surface area contributed by atoms with Crippen LogP contribution >= 0.6 is 47.5 Å². The highest BCUT2D eigenvalue weighted by atomic mass is 32.2. The molecular formula is C34H32N6O7S4. The number of nitrogens with zero attached hydrogens (tertiary/aromatic N) is 3. The van der Waals surface area contributed by atoms with Crippen LogP contribution in [0.15, 0.2) is 58.5 Å². The van der Waals surface area contributed by atoms with E-state index in [1.807, 2.05) is 38.1 Å². The minimum absolute atomic E-state index is 0.0231. The molecule has 0 radical (unpaired) electrons. The number of anilines is 1. The van der Waals surface area contributed by atoms with E-state index in [2.05, 4.69) is 42.8 Å². The highest BCUT2D eigenvalue weighted by Gasteiger charge is 2.15. The van der Waals surface area contributed by atoms with Crippen LogP contribution in [-0.2, 0) is 19.1 Å². The SMILES string of the molecule is CCOC1=CC(=NC(C)=O)N=c2ccc(=Cc3sc(=S)[nH]c3O)cc21.CCOc1cc(NC(C)=O)nc2ccc(C=O)cc12.O=C1CSC(=S)N1. The van der Waals surface area contributed by atoms with Gasteiger partial charge in [-0.2, -0.15) is 4.99 Å². The Labute approximate surface area is 310 Å². The van der Waals surface area contributed by atoms with Crippen LogP contribution in [0.5, 0.6) is 11.6 Å². The van der Waals surface area contributed by atoms with Crippen LogP contribution in [0.2, 0.25) is 0 Å². The van der Waals surface area contributed by atoms with Gasteiger partial charge in [-0.1, -0.05) is 30.0 Å². The number of pyridine rings is 1. The van der Waals surface area contributed by atoms with Crippen LogP contribution < -0.4 is 25.9 Å². The summed E-state index contributed by atoms with van der Waals surface area (Å²) in [6, 6.07) is 12.4. The van der Waals surface area contributed by atoms with E-state index in [1.165, 1.54) is 36.9 Å². The zero-order valence-corrected chi connectivity index (χ0v) is 31.0. The lowest BCUT2D eigenvalue weighted by Gasteiger charge is -2.13. The monoisotopic (exact) mass is 764 g/mol. The largest absolute Gasteiger partial charge is 0.494 e. The molecule has 0 atom stereocenters. The third-order valence-corrected chi connectivity index (χ3v) is 8.82. The molecule has 17 heteroatoms. The fourth-order valence-electron chi connectivity index (χ4n) is 4.49. The first-order valence-corrected chi connectivity index (χ1v) is 17.8. The van der Waals surface area contributed by atoms with Crippen molar-refractivity contribution in [1.29, 1.82) is 0 Å². The summed E-state index contributed by atoms with van der Waals surface area (Å²) in [7, 11) is 0. The van der Waals surface area contributed by atoms with Gasteiger partial charge in [0.1, 0.15) is 27.9 Å². The number of thioether (sulfide) groups is 1. The number of ether oxygens (including phenoxy) is 2. The normalized spacial score (nSPS) is 14.2. The molecule has 2 aliphatic heterocycles. The molecule has 2 aromatic heterocycles. The minimum Gasteiger partial charge on any atom is -0.494 e. The van der Waals surface area contributed by atoms with Crippen LogP contribution in [0.3, 0.4) is 0 Å². The lowest BCUT2D eigenvalue weighted by molar-refractivity contribution is -0.117. The number of hydrogen-bond acceptors (Lipinski definition) is 12. The molecule has 0 spiro atoms. The fourth-order valence-corrected chi connectivity index (χ4v) is 6.35. The Kier molecular flexibility index (Phi) is 13.8. The number of carbonyl (C=O) groups excluding carboxylic acids is 4. The fraction of sp³-hybridized carbons (Fsp3) is 0.206. The summed E-state index contributed by atoms with van der Waals surface area (Å²) in [6.07, 6.45) is 4.25. The Morgan fingerprint density at radius 3 is 2.43 bits per heavy atom. The molecule has 0 unspecified atom stereocenters. The first kappa shape index (κ1) is 38.7. The van der Waals surface area contributed by atoms with Crippen LogP contribution in [0, 0.1) is 3.95 Å². The molecule has 0 bridgehead atoms. The molecule has 13 nitrogen and oxygen atoms in total. The van der Waals surface area contributed by atoms with E-state index in [0.717, 1.165) is 22.5 Å². The molecule has 264 valence electrons. The van der Waals surface area contributed by atoms with Crippen molar-refractivity contribution >= 4 is 110 Å². The molecule has 3 amide bonds. The maximum Gasteiger partial charge on any atom is 0.244 e. The summed E-state index contributed by atoms with van der Waals surface area (Å²) in [5, 5.41) is 17.2. The van der Waals surface area contributed by atoms with Gasteiger partial charge in [0.15, 0.2) is 9.79 Å². The van der Waals surface area contributed by atoms with E-state index in [4.69, 9.17) is 21.7 Å². The van der Waals surface area contributed by atoms with E-state index in [1.54, 1.807) is 30.3 Å². The Morgan fingerprint density at radius 2 is 1.86 bits per heavy atom. The van der Waals surface area contributed by atoms with Crippen molar-refractivity contribution in [3.8, 4) is 11.6 Å². The van der Waals surface area contributed by atoms with Gasteiger partial charge in [0.05, 0.1) is 34.7 Å². The van der Waals surface area contributed by atoms with Gasteiger partial charge in [-0.05, 0) is 67.7 Å². The zero-order valence-electron chi connectivity index (χ0n) is 27.8. The number of aromatic nitrogens is 2. The number of H-pyrrole nitrogens is 1. The number of fused-ring (bicyclic) bond motifs is 2. The van der Waals surface area contributed by atoms with Crippen LogP contribution in [0.4, 0.5) is 5.82 Å². The quantitative estimate of drug-likeness (QED) is 0.149. The van der Waals surface area contributed by atoms with Crippen molar-refractivity contribution in [3.05, 3.63) is 79.1 Å². The van der Waals surface area contributed by atoms with E-state index in [9.17, 15) is 24.3 Å². The molecule has 1 fully saturated rings. The van der Waals surface area contributed by atoms with Gasteiger partial charge in [-0.25, -0.2) is 9.98 Å². The third-order valence-electron chi connectivity index (χ3n) is 6.42. The number of aromatic hydroxyl groups is 1. The maximum atomic E-state index is 11.2. The van der Waals surface area contributed by atoms with Gasteiger partial charge in [0.2, 0.25) is 23.6 Å². The van der Waals surface area contributed by atoms with Gasteiger partial charge in [-0.3, -0.25) is 19.2 Å². The molecular weight excluding hydrogens is 733 g/mol. The number of aldehydes is 1. The summed E-state index contributed by atoms with van der Waals surface area (Å²) in [4.78, 5) is 59.3. The lowest BCUT2D eigenvalue weighted by Crippen LogP contribution is -2.21. The maximum absolute atomic E-state index is 11.2. The van der Waals surface area contributed by atoms with Gasteiger partial charge < -0.3 is 30.2 Å². The standard InChI is InChI=1S/C17H15N3O3S2.C14H14N2O3.C3H3NOS2/c1-3-23-13-8-15(18-9(2)21)19-12-5-4-10(6-11(12)13)7-14-16(22)20-17(24)25-14;1-3-19-13-7-14(15-9(2)18)16-12-5-4-10(8-17)6-11(12)13;5-2-1-7-3(6)4-2/h4-8,22H,3H2,1-2H3,(H,20,24);4-8H,3H2,1-2H3,(H,15,16,18);1H2,(H,4,5,6). The highest BCUT2D eigenvalue weighted by molar-refractivity contribution is 8.24. The number of rotatable bonds is 7. The molecule has 51 heavy (non-hydrogen) atoms. The molecule has 4 N–H and O–H groups in total. The second kappa shape index (κ2) is 18.2. The van der Waals surface area contributed by atoms with Crippen LogP contribution in [-0.4, -0.2) is 68.2 Å². The summed E-state index contributed by atoms with van der Waals surface area (Å²) in [5.41, 5.74) is 2.03. The van der Waals surface area contributed by atoms with Crippen molar-refractivity contribution in [1.82, 2.24) is 15.3 Å². The minimum atomic E-state index is -0.316. The average Bonchev–Trinajstić information content (AvgIpc) is 3.61. The molecule has 4 heterocycles. The smallest absolute Gasteiger partial charge is 0.244 e. The zero-order chi connectivity index (χ0) is 37.1. The van der Waals surface area contributed by atoms with E-state index < -0.39 is 0 Å². The summed E-state index contributed by atoms with van der Waals surface area (Å²) in [6.45, 7) is 7.52. The molecule has 0 saturated carbocycles. The number of nitrogens with one attached hydrogen (secondary N) is 3. The van der Waals surface area contributed by atoms with Crippen molar-refractivity contribution in [2.75, 3.05) is 24.3 Å². The number of hydrogen-bond donors (Lipinski definition) is 4. The number of carbonyl (C=O) groups is 4. The van der Waals surface area contributed by atoms with Gasteiger partial charge >= 0.3 is 0 Å². The lowest BCUT2D eigenvalue weighted by atomic mass is 10.1. The third kappa shape index (κ3) is 11.2. The van der Waals surface area contributed by atoms with Crippen LogP contribution in [0.1, 0.15) is 48.5 Å². The second-order valence-corrected chi connectivity index (χ2v) is 13.7. The predicted octanol–water partition coefficient (Wildman–Crippen LogP) is 4.83. The number of aliphatic imine (C=N–C) groups is 1. The van der Waals surface area contributed by atoms with Crippen LogP contribution in [0.25, 0.3) is 22.7 Å². The number of thiocarbonyl (C=S) groups is 1. The predicted molar refractivity (Wildman–Crippen MR) is 205 cm³/mol. The molecule has 4 aromatic rings. The first-order valence-electron chi connectivity index (χ1n) is 15.2. The Hall–Kier alpha value is -5.10. The Balaban J connectivity index is 0.000000197. The summed E-state index contributed by atoms with van der Waals surface area (Å²) < 4.78 is 12.3. The highest BCUT2D eigenvalue weighted by Crippen LogP contribution is 2.28. The topological polar surface area (TPSA) is 184 Å². The van der Waals surface area contributed by atoms with Gasteiger partial charge in [0, 0.05) is 42.5 Å². The molecule has 0 aliphatic carbocycles. The number of amides is 3. The first-order chi connectivity index (χ1) is 24.4. The molecule has 2 aromatic carbocycles. The Morgan fingerprint density at radius 1 is 1.10 bits per heavy atom. The van der Waals surface area contributed by atoms with Crippen molar-refractivity contribution in [3.63, 3.8) is 0 Å².